The lowest BCUT2D eigenvalue weighted by molar-refractivity contribution is 0.373. The second kappa shape index (κ2) is 23.0. The highest BCUT2D eigenvalue weighted by Crippen LogP contribution is 2.53. The fraction of sp³-hybridized carbons (Fsp3) is 0.500. The van der Waals surface area contributed by atoms with E-state index in [0.717, 1.165) is 78.6 Å². The van der Waals surface area contributed by atoms with Crippen LogP contribution in [0.4, 0.5) is 0 Å². The fourth-order valence-electron chi connectivity index (χ4n) is 9.54. The van der Waals surface area contributed by atoms with Gasteiger partial charge >= 0.3 is 17.2 Å². The molecule has 6 aromatic carbocycles. The van der Waals surface area contributed by atoms with Crippen LogP contribution in [0.5, 0.6) is 34.5 Å². The van der Waals surface area contributed by atoms with Crippen molar-refractivity contribution >= 4 is 17.2 Å². The van der Waals surface area contributed by atoms with Crippen molar-refractivity contribution in [3.8, 4) is 45.6 Å². The Kier molecular flexibility index (Phi) is 18.4. The van der Waals surface area contributed by atoms with Crippen molar-refractivity contribution in [1.29, 1.82) is 0 Å². The summed E-state index contributed by atoms with van der Waals surface area (Å²) in [5, 5.41) is 0. The van der Waals surface area contributed by atoms with Gasteiger partial charge in [0.15, 0.2) is 0 Å². The van der Waals surface area contributed by atoms with Crippen molar-refractivity contribution in [2.75, 3.05) is 0 Å². The molecule has 0 fully saturated rings. The summed E-state index contributed by atoms with van der Waals surface area (Å²) in [6.07, 6.45) is 0. The minimum Gasteiger partial charge on any atom is -0.409 e. The summed E-state index contributed by atoms with van der Waals surface area (Å²) in [5.41, 5.74) is 14.7. The van der Waals surface area contributed by atoms with Gasteiger partial charge in [0, 0.05) is 22.3 Å². The van der Waals surface area contributed by atoms with E-state index in [9.17, 15) is 0 Å². The molecule has 0 unspecified atom stereocenters. The molecule has 8 heteroatoms. The minimum absolute atomic E-state index is 0.0419. The van der Waals surface area contributed by atoms with E-state index in [1.165, 1.54) is 22.3 Å². The number of hydrogen-bond donors (Lipinski definition) is 0. The van der Waals surface area contributed by atoms with E-state index in [2.05, 4.69) is 267 Å². The Bertz CT molecular complexity index is 2760. The molecular weight excluding hydrogens is 1020 g/mol. The summed E-state index contributed by atoms with van der Waals surface area (Å²) in [4.78, 5) is 0. The first-order valence-corrected chi connectivity index (χ1v) is 31.0. The monoisotopic (exact) mass is 1120 g/mol. The number of benzene rings is 6. The van der Waals surface area contributed by atoms with Crippen molar-refractivity contribution in [2.24, 2.45) is 0 Å². The molecule has 6 nitrogen and oxygen atoms in total. The first-order valence-electron chi connectivity index (χ1n) is 28.8. The summed E-state index contributed by atoms with van der Waals surface area (Å²) in [7, 11) is -4.03. The molecule has 0 saturated carbocycles. The molecule has 0 aliphatic carbocycles. The van der Waals surface area contributed by atoms with Crippen LogP contribution in [0.15, 0.2) is 97.1 Å². The second-order valence-corrected chi connectivity index (χ2v) is 32.7. The standard InChI is InChI=1S/C72H100O6P2/c1-45-37-51(65(5,6)7)41-57(69(17,18)19)61(45)75-79(76-62-46(2)38-52(66(8,9)10)42-58(62)70(20,21)22)73-55-33-29-49(30-34-55)50-31-35-56(36-32-50)74-80(77-63-47(3)39-53(67(11,12)13)43-59(63)71(23,24)25)78-64-48(4)40-54(68(14,15)16)44-60(64)72(26,27)28/h29-44H,1-28H3. The normalized spacial score (nSPS) is 13.2. The lowest BCUT2D eigenvalue weighted by Gasteiger charge is -2.31. The van der Waals surface area contributed by atoms with Gasteiger partial charge < -0.3 is 27.1 Å². The predicted molar refractivity (Wildman–Crippen MR) is 344 cm³/mol. The van der Waals surface area contributed by atoms with E-state index >= 15 is 0 Å². The second-order valence-electron chi connectivity index (χ2n) is 30.7. The van der Waals surface area contributed by atoms with Gasteiger partial charge in [-0.05, 0) is 151 Å². The van der Waals surface area contributed by atoms with Crippen LogP contribution in [-0.4, -0.2) is 0 Å². The zero-order chi connectivity index (χ0) is 60.3. The first-order chi connectivity index (χ1) is 36.3. The molecule has 0 radical (unpaired) electrons. The molecule has 0 N–H and O–H groups in total. The maximum absolute atomic E-state index is 7.12. The molecule has 0 atom stereocenters. The minimum atomic E-state index is -2.01. The van der Waals surface area contributed by atoms with Gasteiger partial charge in [0.05, 0.1) is 0 Å². The van der Waals surface area contributed by atoms with Crippen LogP contribution < -0.4 is 27.1 Å². The summed E-state index contributed by atoms with van der Waals surface area (Å²) >= 11 is 0. The third-order valence-electron chi connectivity index (χ3n) is 14.9. The zero-order valence-electron chi connectivity index (χ0n) is 54.6. The Hall–Kier alpha value is -5.02. The largest absolute Gasteiger partial charge is 0.530 e. The van der Waals surface area contributed by atoms with E-state index in [0.29, 0.717) is 11.5 Å². The molecule has 0 aliphatic heterocycles. The topological polar surface area (TPSA) is 55.4 Å². The molecule has 0 saturated heterocycles. The highest BCUT2D eigenvalue weighted by atomic mass is 31.2. The maximum atomic E-state index is 7.12. The molecule has 0 amide bonds. The highest BCUT2D eigenvalue weighted by Gasteiger charge is 2.35. The van der Waals surface area contributed by atoms with Crippen molar-refractivity contribution in [3.63, 3.8) is 0 Å². The van der Waals surface area contributed by atoms with Gasteiger partial charge in [0.1, 0.15) is 34.5 Å². The van der Waals surface area contributed by atoms with Crippen LogP contribution in [0.3, 0.4) is 0 Å². The molecule has 0 bridgehead atoms. The van der Waals surface area contributed by atoms with Crippen LogP contribution in [-0.2, 0) is 43.3 Å². The SMILES string of the molecule is Cc1cc(C(C)(C)C)cc(C(C)(C)C)c1OP(Oc1ccc(-c2ccc(OP(Oc3c(C)cc(C(C)(C)C)cc3C(C)(C)C)Oc3c(C)cc(C(C)(C)C)cc3C(C)(C)C)cc2)cc1)Oc1c(C)cc(C(C)(C)C)cc1C(C)(C)C. The van der Waals surface area contributed by atoms with Crippen LogP contribution in [0.2, 0.25) is 0 Å². The van der Waals surface area contributed by atoms with Crippen molar-refractivity contribution < 1.29 is 27.1 Å². The molecule has 6 rings (SSSR count). The molecule has 0 aromatic heterocycles. The molecule has 80 heavy (non-hydrogen) atoms. The van der Waals surface area contributed by atoms with E-state index in [-0.39, 0.29) is 43.3 Å². The highest BCUT2D eigenvalue weighted by molar-refractivity contribution is 7.43. The Morgan fingerprint density at radius 2 is 0.425 bits per heavy atom. The van der Waals surface area contributed by atoms with Crippen molar-refractivity contribution in [1.82, 2.24) is 0 Å². The smallest absolute Gasteiger partial charge is 0.409 e. The first kappa shape index (κ1) is 64.2. The Labute approximate surface area is 488 Å². The van der Waals surface area contributed by atoms with Crippen molar-refractivity contribution in [2.45, 2.75) is 237 Å². The van der Waals surface area contributed by atoms with Gasteiger partial charge in [-0.3, -0.25) is 0 Å². The predicted octanol–water partition coefficient (Wildman–Crippen LogP) is 22.5. The van der Waals surface area contributed by atoms with Crippen LogP contribution >= 0.6 is 17.2 Å². The van der Waals surface area contributed by atoms with Crippen LogP contribution in [0.1, 0.15) is 233 Å². The molecule has 0 aliphatic rings. The van der Waals surface area contributed by atoms with Crippen molar-refractivity contribution in [3.05, 3.63) is 164 Å². The summed E-state index contributed by atoms with van der Waals surface area (Å²) in [6, 6.07) is 34.6. The third-order valence-corrected chi connectivity index (χ3v) is 16.9. The molecule has 434 valence electrons. The van der Waals surface area contributed by atoms with Gasteiger partial charge in [-0.2, -0.15) is 0 Å². The van der Waals surface area contributed by atoms with Crippen LogP contribution in [0, 0.1) is 27.7 Å². The van der Waals surface area contributed by atoms with Gasteiger partial charge in [0.25, 0.3) is 0 Å². The Morgan fingerprint density at radius 3 is 0.588 bits per heavy atom. The van der Waals surface area contributed by atoms with Crippen LogP contribution in [0.25, 0.3) is 11.1 Å². The number of aryl methyl sites for hydroxylation is 4. The van der Waals surface area contributed by atoms with E-state index < -0.39 is 17.2 Å². The summed E-state index contributed by atoms with van der Waals surface area (Å²) in [6.45, 7) is 62.5. The van der Waals surface area contributed by atoms with Gasteiger partial charge in [0.2, 0.25) is 0 Å². The average molecular weight is 1120 g/mol. The lowest BCUT2D eigenvalue weighted by atomic mass is 9.79. The van der Waals surface area contributed by atoms with Gasteiger partial charge in [-0.25, -0.2) is 0 Å². The van der Waals surface area contributed by atoms with E-state index in [4.69, 9.17) is 27.1 Å². The Morgan fingerprint density at radius 1 is 0.237 bits per heavy atom. The average Bonchev–Trinajstić information content (AvgIpc) is 3.28. The summed E-state index contributed by atoms with van der Waals surface area (Å²) < 4.78 is 42.3. The number of rotatable bonds is 13. The summed E-state index contributed by atoms with van der Waals surface area (Å²) in [5.74, 6) is 4.46. The van der Waals surface area contributed by atoms with Gasteiger partial charge in [-0.1, -0.05) is 239 Å². The maximum Gasteiger partial charge on any atom is 0.530 e. The molecule has 6 aromatic rings. The number of hydrogen-bond acceptors (Lipinski definition) is 6. The van der Waals surface area contributed by atoms with E-state index in [1.54, 1.807) is 0 Å². The lowest BCUT2D eigenvalue weighted by Crippen LogP contribution is -2.20. The third kappa shape index (κ3) is 15.7. The molecular formula is C72H100O6P2. The fourth-order valence-corrected chi connectivity index (χ4v) is 11.9. The quantitative estimate of drug-likeness (QED) is 0.107. The van der Waals surface area contributed by atoms with E-state index in [1.807, 2.05) is 24.3 Å². The van der Waals surface area contributed by atoms with Gasteiger partial charge in [-0.15, -0.1) is 0 Å². The Balaban J connectivity index is 1.38. The zero-order valence-corrected chi connectivity index (χ0v) is 56.4. The molecule has 0 spiro atoms. The molecule has 0 heterocycles.